The third-order valence-corrected chi connectivity index (χ3v) is 4.61. The lowest BCUT2D eigenvalue weighted by Gasteiger charge is -2.06. The van der Waals surface area contributed by atoms with Crippen LogP contribution in [0.5, 0.6) is 0 Å². The van der Waals surface area contributed by atoms with E-state index >= 15 is 0 Å². The summed E-state index contributed by atoms with van der Waals surface area (Å²) in [6.45, 7) is 0. The summed E-state index contributed by atoms with van der Waals surface area (Å²) < 4.78 is 41.9. The zero-order chi connectivity index (χ0) is 19.4. The predicted octanol–water partition coefficient (Wildman–Crippen LogP) is 5.05. The second-order valence-corrected chi connectivity index (χ2v) is 6.68. The van der Waals surface area contributed by atoms with Gasteiger partial charge in [0.25, 0.3) is 0 Å². The molecule has 0 fully saturated rings. The van der Waals surface area contributed by atoms with Crippen LogP contribution in [-0.4, -0.2) is 23.6 Å². The van der Waals surface area contributed by atoms with Crippen LogP contribution in [-0.2, 0) is 10.5 Å². The van der Waals surface area contributed by atoms with Gasteiger partial charge in [-0.05, 0) is 35.0 Å². The van der Waals surface area contributed by atoms with E-state index in [0.29, 0.717) is 5.69 Å². The molecule has 0 aliphatic heterocycles. The Kier molecular flexibility index (Phi) is 5.55. The van der Waals surface area contributed by atoms with Gasteiger partial charge < -0.3 is 9.73 Å². The average molecular weight is 393 g/mol. The number of furan rings is 1. The topological polar surface area (TPSA) is 59.3 Å². The molecule has 0 aliphatic carbocycles. The second kappa shape index (κ2) is 7.87. The molecule has 1 heterocycles. The summed E-state index contributed by atoms with van der Waals surface area (Å²) >= 11 is 1.17. The molecule has 2 aromatic carbocycles. The summed E-state index contributed by atoms with van der Waals surface area (Å²) in [5, 5.41) is 4.83. The van der Waals surface area contributed by atoms with E-state index in [1.165, 1.54) is 17.8 Å². The minimum Gasteiger partial charge on any atom is -0.457 e. The molecule has 8 heteroatoms. The van der Waals surface area contributed by atoms with Crippen LogP contribution >= 0.6 is 11.8 Å². The van der Waals surface area contributed by atoms with Crippen LogP contribution in [0.4, 0.5) is 18.9 Å². The van der Waals surface area contributed by atoms with Gasteiger partial charge in [-0.15, -0.1) is 11.8 Å². The molecule has 1 N–H and O–H groups in total. The average Bonchev–Trinajstić information content (AvgIpc) is 3.09. The van der Waals surface area contributed by atoms with Crippen molar-refractivity contribution >= 4 is 39.9 Å². The molecule has 0 spiro atoms. The van der Waals surface area contributed by atoms with Crippen LogP contribution in [0.2, 0.25) is 0 Å². The van der Waals surface area contributed by atoms with Gasteiger partial charge in [-0.2, -0.15) is 13.2 Å². The van der Waals surface area contributed by atoms with Crippen molar-refractivity contribution in [2.75, 3.05) is 11.1 Å². The third-order valence-electron chi connectivity index (χ3n) is 3.65. The van der Waals surface area contributed by atoms with E-state index in [2.05, 4.69) is 5.32 Å². The van der Waals surface area contributed by atoms with Crippen molar-refractivity contribution in [2.45, 2.75) is 11.9 Å². The number of hydrogen-bond donors (Lipinski definition) is 1. The number of anilines is 1. The first kappa shape index (κ1) is 19.0. The van der Waals surface area contributed by atoms with E-state index in [4.69, 9.17) is 4.42 Å². The van der Waals surface area contributed by atoms with Crippen LogP contribution in [0, 0.1) is 0 Å². The fraction of sp³-hybridized carbons (Fsp3) is 0.158. The predicted molar refractivity (Wildman–Crippen MR) is 97.8 cm³/mol. The molecule has 0 bridgehead atoms. The summed E-state index contributed by atoms with van der Waals surface area (Å²) in [6, 6.07) is 15.6. The Morgan fingerprint density at radius 1 is 1.00 bits per heavy atom. The van der Waals surface area contributed by atoms with Gasteiger partial charge in [-0.3, -0.25) is 9.59 Å². The summed E-state index contributed by atoms with van der Waals surface area (Å²) in [5.74, 6) is -2.54. The van der Waals surface area contributed by atoms with Crippen molar-refractivity contribution in [3.8, 4) is 0 Å². The summed E-state index contributed by atoms with van der Waals surface area (Å²) in [7, 11) is 0. The van der Waals surface area contributed by atoms with Gasteiger partial charge in [0.2, 0.25) is 5.91 Å². The molecule has 0 saturated carbocycles. The van der Waals surface area contributed by atoms with E-state index in [9.17, 15) is 22.8 Å². The maximum atomic E-state index is 12.3. The number of carbonyl (C=O) groups excluding carboxylic acids is 2. The van der Waals surface area contributed by atoms with Crippen LogP contribution < -0.4 is 5.32 Å². The van der Waals surface area contributed by atoms with Gasteiger partial charge in [-0.25, -0.2) is 0 Å². The minimum absolute atomic E-state index is 0.0933. The van der Waals surface area contributed by atoms with Gasteiger partial charge in [0, 0.05) is 5.69 Å². The monoisotopic (exact) mass is 393 g/mol. The molecule has 0 unspecified atom stereocenters. The number of rotatable bonds is 6. The first-order chi connectivity index (χ1) is 12.8. The van der Waals surface area contributed by atoms with Crippen LogP contribution in [0.25, 0.3) is 10.8 Å². The first-order valence-electron chi connectivity index (χ1n) is 7.89. The van der Waals surface area contributed by atoms with Crippen molar-refractivity contribution in [3.05, 3.63) is 66.1 Å². The molecule has 4 nitrogen and oxygen atoms in total. The molecule has 27 heavy (non-hydrogen) atoms. The fourth-order valence-corrected chi connectivity index (χ4v) is 3.14. The van der Waals surface area contributed by atoms with E-state index in [0.717, 1.165) is 16.8 Å². The standard InChI is InChI=1S/C19H14F3NO3S/c20-19(21,22)18(25)16-8-7-15(26-16)10-27-11-17(24)23-14-6-5-12-3-1-2-4-13(12)9-14/h1-9H,10-11H2,(H,23,24). The molecule has 3 aromatic rings. The molecule has 0 atom stereocenters. The number of halogens is 3. The van der Waals surface area contributed by atoms with Gasteiger partial charge in [0.1, 0.15) is 5.76 Å². The lowest BCUT2D eigenvalue weighted by atomic mass is 10.1. The van der Waals surface area contributed by atoms with Crippen molar-refractivity contribution < 1.29 is 27.2 Å². The number of Topliss-reactive ketones (excluding diaryl/α,β-unsaturated/α-hetero) is 1. The Morgan fingerprint density at radius 3 is 2.48 bits per heavy atom. The van der Waals surface area contributed by atoms with Crippen molar-refractivity contribution in [3.63, 3.8) is 0 Å². The van der Waals surface area contributed by atoms with E-state index in [1.54, 1.807) is 6.07 Å². The summed E-state index contributed by atoms with van der Waals surface area (Å²) in [5.41, 5.74) is 0.662. The normalized spacial score (nSPS) is 11.5. The number of alkyl halides is 3. The Morgan fingerprint density at radius 2 is 1.74 bits per heavy atom. The molecule has 3 rings (SSSR count). The number of ketones is 1. The lowest BCUT2D eigenvalue weighted by Crippen LogP contribution is -2.22. The highest BCUT2D eigenvalue weighted by Crippen LogP contribution is 2.24. The quantitative estimate of drug-likeness (QED) is 0.596. The van der Waals surface area contributed by atoms with Crippen molar-refractivity contribution in [1.82, 2.24) is 0 Å². The van der Waals surface area contributed by atoms with Gasteiger partial charge in [-0.1, -0.05) is 30.3 Å². The second-order valence-electron chi connectivity index (χ2n) is 5.70. The highest BCUT2D eigenvalue weighted by molar-refractivity contribution is 7.99. The molecular formula is C19H14F3NO3S. The molecule has 0 radical (unpaired) electrons. The van der Waals surface area contributed by atoms with E-state index in [1.807, 2.05) is 36.4 Å². The minimum atomic E-state index is -4.97. The number of carbonyl (C=O) groups is 2. The van der Waals surface area contributed by atoms with Crippen LogP contribution in [0.15, 0.2) is 59.0 Å². The Hall–Kier alpha value is -2.74. The number of nitrogens with one attached hydrogen (secondary N) is 1. The third kappa shape index (κ3) is 4.91. The molecular weight excluding hydrogens is 379 g/mol. The Bertz CT molecular complexity index is 981. The van der Waals surface area contributed by atoms with Gasteiger partial charge in [0.15, 0.2) is 5.76 Å². The summed E-state index contributed by atoms with van der Waals surface area (Å²) in [4.78, 5) is 23.1. The summed E-state index contributed by atoms with van der Waals surface area (Å²) in [6.07, 6.45) is -4.97. The zero-order valence-electron chi connectivity index (χ0n) is 13.9. The van der Waals surface area contributed by atoms with Crippen molar-refractivity contribution in [2.24, 2.45) is 0 Å². The van der Waals surface area contributed by atoms with E-state index in [-0.39, 0.29) is 23.2 Å². The Balaban J connectivity index is 1.51. The van der Waals surface area contributed by atoms with Crippen molar-refractivity contribution in [1.29, 1.82) is 0 Å². The SMILES string of the molecule is O=C(CSCc1ccc(C(=O)C(F)(F)F)o1)Nc1ccc2ccccc2c1. The maximum Gasteiger partial charge on any atom is 0.458 e. The molecule has 0 aliphatic rings. The highest BCUT2D eigenvalue weighted by atomic mass is 32.2. The number of benzene rings is 2. The highest BCUT2D eigenvalue weighted by Gasteiger charge is 2.41. The lowest BCUT2D eigenvalue weighted by molar-refractivity contribution is -0.113. The largest absolute Gasteiger partial charge is 0.458 e. The number of amides is 1. The Labute approximate surface area is 156 Å². The zero-order valence-corrected chi connectivity index (χ0v) is 14.7. The number of hydrogen-bond acceptors (Lipinski definition) is 4. The van der Waals surface area contributed by atoms with E-state index < -0.39 is 17.7 Å². The number of fused-ring (bicyclic) bond motifs is 1. The maximum absolute atomic E-state index is 12.3. The van der Waals surface area contributed by atoms with Crippen LogP contribution in [0.3, 0.4) is 0 Å². The molecule has 1 aromatic heterocycles. The fourth-order valence-electron chi connectivity index (χ4n) is 2.43. The first-order valence-corrected chi connectivity index (χ1v) is 9.05. The molecule has 140 valence electrons. The smallest absolute Gasteiger partial charge is 0.457 e. The van der Waals surface area contributed by atoms with Crippen LogP contribution in [0.1, 0.15) is 16.3 Å². The van der Waals surface area contributed by atoms with Gasteiger partial charge in [0.05, 0.1) is 11.5 Å². The molecule has 0 saturated heterocycles. The molecule has 1 amide bonds. The number of thioether (sulfide) groups is 1. The van der Waals surface area contributed by atoms with Gasteiger partial charge >= 0.3 is 12.0 Å².